The molecule has 0 aliphatic heterocycles. The van der Waals surface area contributed by atoms with E-state index in [1.807, 2.05) is 12.1 Å². The molecule has 0 bridgehead atoms. The molecule has 0 aliphatic rings. The van der Waals surface area contributed by atoms with Crippen molar-refractivity contribution in [2.24, 2.45) is 0 Å². The highest BCUT2D eigenvalue weighted by Crippen LogP contribution is 2.33. The first-order valence-corrected chi connectivity index (χ1v) is 5.75. The van der Waals surface area contributed by atoms with Gasteiger partial charge in [0.1, 0.15) is 11.6 Å². The molecule has 0 amide bonds. The zero-order valence-electron chi connectivity index (χ0n) is 9.73. The van der Waals surface area contributed by atoms with Gasteiger partial charge in [-0.2, -0.15) is 0 Å². The van der Waals surface area contributed by atoms with Gasteiger partial charge >= 0.3 is 0 Å². The van der Waals surface area contributed by atoms with Crippen LogP contribution in [0.5, 0.6) is 5.75 Å². The summed E-state index contributed by atoms with van der Waals surface area (Å²) >= 11 is 0. The Morgan fingerprint density at radius 3 is 2.29 bits per heavy atom. The lowest BCUT2D eigenvalue weighted by atomic mass is 9.88. The second-order valence-electron chi connectivity index (χ2n) is 4.07. The van der Waals surface area contributed by atoms with E-state index >= 15 is 0 Å². The molecule has 0 aromatic heterocycles. The van der Waals surface area contributed by atoms with E-state index < -0.39 is 0 Å². The number of phenolic OH excluding ortho intramolecular Hbond substituents is 1. The van der Waals surface area contributed by atoms with E-state index in [2.05, 4.69) is 6.92 Å². The van der Waals surface area contributed by atoms with Crippen LogP contribution in [0.4, 0.5) is 4.39 Å². The van der Waals surface area contributed by atoms with Crippen molar-refractivity contribution >= 4 is 0 Å². The quantitative estimate of drug-likeness (QED) is 0.842. The van der Waals surface area contributed by atoms with Crippen molar-refractivity contribution in [3.63, 3.8) is 0 Å². The molecule has 2 aromatic carbocycles. The fraction of sp³-hybridized carbons (Fsp3) is 0.200. The molecule has 0 heterocycles. The molecule has 0 saturated carbocycles. The molecule has 0 aliphatic carbocycles. The Kier molecular flexibility index (Phi) is 3.43. The van der Waals surface area contributed by atoms with Gasteiger partial charge in [-0.1, -0.05) is 37.3 Å². The molecule has 17 heavy (non-hydrogen) atoms. The van der Waals surface area contributed by atoms with Gasteiger partial charge in [-0.15, -0.1) is 0 Å². The molecule has 0 radical (unpaired) electrons. The van der Waals surface area contributed by atoms with E-state index in [0.29, 0.717) is 5.75 Å². The summed E-state index contributed by atoms with van der Waals surface area (Å²) in [7, 11) is 0. The number of hydrogen-bond acceptors (Lipinski definition) is 1. The molecular weight excluding hydrogens is 215 g/mol. The first-order chi connectivity index (χ1) is 8.22. The molecule has 0 saturated heterocycles. The van der Waals surface area contributed by atoms with E-state index in [-0.39, 0.29) is 11.7 Å². The third-order valence-corrected chi connectivity index (χ3v) is 2.99. The second-order valence-corrected chi connectivity index (χ2v) is 4.07. The summed E-state index contributed by atoms with van der Waals surface area (Å²) in [6, 6.07) is 13.8. The first-order valence-electron chi connectivity index (χ1n) is 5.75. The van der Waals surface area contributed by atoms with Crippen LogP contribution in [0.15, 0.2) is 48.5 Å². The van der Waals surface area contributed by atoms with Crippen LogP contribution in [0.25, 0.3) is 0 Å². The third-order valence-electron chi connectivity index (χ3n) is 2.99. The maximum Gasteiger partial charge on any atom is 0.123 e. The van der Waals surface area contributed by atoms with Gasteiger partial charge in [0.15, 0.2) is 0 Å². The van der Waals surface area contributed by atoms with Crippen molar-refractivity contribution in [3.05, 3.63) is 65.5 Å². The predicted octanol–water partition coefficient (Wildman–Crippen LogP) is 4.07. The highest BCUT2D eigenvalue weighted by Gasteiger charge is 2.15. The molecule has 1 atom stereocenters. The number of benzene rings is 2. The van der Waals surface area contributed by atoms with Crippen LogP contribution in [0.3, 0.4) is 0 Å². The third kappa shape index (κ3) is 2.47. The van der Waals surface area contributed by atoms with Gasteiger partial charge in [0.2, 0.25) is 0 Å². The van der Waals surface area contributed by atoms with Crippen LogP contribution in [-0.4, -0.2) is 5.11 Å². The molecule has 0 fully saturated rings. The van der Waals surface area contributed by atoms with Gasteiger partial charge in [-0.25, -0.2) is 4.39 Å². The topological polar surface area (TPSA) is 20.2 Å². The summed E-state index contributed by atoms with van der Waals surface area (Å²) in [5.41, 5.74) is 1.91. The van der Waals surface area contributed by atoms with Crippen molar-refractivity contribution in [1.82, 2.24) is 0 Å². The maximum absolute atomic E-state index is 12.9. The second kappa shape index (κ2) is 5.00. The molecule has 1 unspecified atom stereocenters. The highest BCUT2D eigenvalue weighted by atomic mass is 19.1. The lowest BCUT2D eigenvalue weighted by Crippen LogP contribution is -2.00. The van der Waals surface area contributed by atoms with Crippen LogP contribution in [-0.2, 0) is 0 Å². The van der Waals surface area contributed by atoms with Crippen molar-refractivity contribution in [2.45, 2.75) is 19.3 Å². The predicted molar refractivity (Wildman–Crippen MR) is 66.6 cm³/mol. The summed E-state index contributed by atoms with van der Waals surface area (Å²) < 4.78 is 12.9. The van der Waals surface area contributed by atoms with E-state index in [0.717, 1.165) is 17.5 Å². The molecule has 88 valence electrons. The number of para-hydroxylation sites is 1. The number of halogens is 1. The number of aromatic hydroxyl groups is 1. The average Bonchev–Trinajstić information content (AvgIpc) is 2.35. The van der Waals surface area contributed by atoms with Crippen molar-refractivity contribution in [1.29, 1.82) is 0 Å². The Balaban J connectivity index is 2.40. The molecular formula is C15H15FO. The maximum atomic E-state index is 12.9. The fourth-order valence-corrected chi connectivity index (χ4v) is 2.11. The van der Waals surface area contributed by atoms with Crippen LogP contribution in [0, 0.1) is 5.82 Å². The van der Waals surface area contributed by atoms with Crippen LogP contribution in [0.2, 0.25) is 0 Å². The summed E-state index contributed by atoms with van der Waals surface area (Å²) in [5.74, 6) is 0.168. The Bertz CT molecular complexity index is 491. The molecule has 0 spiro atoms. The Morgan fingerprint density at radius 2 is 1.71 bits per heavy atom. The number of rotatable bonds is 3. The summed E-state index contributed by atoms with van der Waals surface area (Å²) in [4.78, 5) is 0. The zero-order chi connectivity index (χ0) is 12.3. The van der Waals surface area contributed by atoms with Crippen molar-refractivity contribution in [2.75, 3.05) is 0 Å². The normalized spacial score (nSPS) is 12.4. The summed E-state index contributed by atoms with van der Waals surface area (Å²) in [5, 5.41) is 9.85. The zero-order valence-corrected chi connectivity index (χ0v) is 9.73. The van der Waals surface area contributed by atoms with Crippen LogP contribution >= 0.6 is 0 Å². The van der Waals surface area contributed by atoms with E-state index in [4.69, 9.17) is 0 Å². The lowest BCUT2D eigenvalue weighted by Gasteiger charge is -2.17. The average molecular weight is 230 g/mol. The minimum atomic E-state index is -0.235. The minimum Gasteiger partial charge on any atom is -0.508 e. The highest BCUT2D eigenvalue weighted by molar-refractivity contribution is 5.41. The van der Waals surface area contributed by atoms with Gasteiger partial charge in [-0.05, 0) is 30.2 Å². The van der Waals surface area contributed by atoms with Crippen molar-refractivity contribution < 1.29 is 9.50 Å². The molecule has 2 aromatic rings. The van der Waals surface area contributed by atoms with E-state index in [1.54, 1.807) is 24.3 Å². The first kappa shape index (κ1) is 11.6. The largest absolute Gasteiger partial charge is 0.508 e. The van der Waals surface area contributed by atoms with Gasteiger partial charge < -0.3 is 5.11 Å². The SMILES string of the molecule is CCC(c1ccc(F)cc1)c1ccccc1O. The minimum absolute atomic E-state index is 0.108. The standard InChI is InChI=1S/C15H15FO/c1-2-13(11-7-9-12(16)10-8-11)14-5-3-4-6-15(14)17/h3-10,13,17H,2H2,1H3. The van der Waals surface area contributed by atoms with E-state index in [1.165, 1.54) is 12.1 Å². The fourth-order valence-electron chi connectivity index (χ4n) is 2.11. The molecule has 2 rings (SSSR count). The summed E-state index contributed by atoms with van der Waals surface area (Å²) in [6.45, 7) is 2.06. The number of hydrogen-bond donors (Lipinski definition) is 1. The summed E-state index contributed by atoms with van der Waals surface area (Å²) in [6.07, 6.45) is 0.864. The van der Waals surface area contributed by atoms with Crippen LogP contribution in [0.1, 0.15) is 30.4 Å². The Labute approximate surface area is 101 Å². The van der Waals surface area contributed by atoms with Gasteiger partial charge in [0.05, 0.1) is 0 Å². The van der Waals surface area contributed by atoms with Gasteiger partial charge in [-0.3, -0.25) is 0 Å². The van der Waals surface area contributed by atoms with Gasteiger partial charge in [0.25, 0.3) is 0 Å². The number of phenols is 1. The Morgan fingerprint density at radius 1 is 1.06 bits per heavy atom. The lowest BCUT2D eigenvalue weighted by molar-refractivity contribution is 0.464. The Hall–Kier alpha value is -1.83. The van der Waals surface area contributed by atoms with Crippen LogP contribution < -0.4 is 0 Å². The molecule has 1 nitrogen and oxygen atoms in total. The molecule has 2 heteroatoms. The van der Waals surface area contributed by atoms with Crippen molar-refractivity contribution in [3.8, 4) is 5.75 Å². The monoisotopic (exact) mass is 230 g/mol. The van der Waals surface area contributed by atoms with Gasteiger partial charge in [0, 0.05) is 11.5 Å². The molecule has 1 N–H and O–H groups in total. The van der Waals surface area contributed by atoms with E-state index in [9.17, 15) is 9.50 Å². The smallest absolute Gasteiger partial charge is 0.123 e.